The van der Waals surface area contributed by atoms with E-state index < -0.39 is 6.09 Å². The third kappa shape index (κ3) is 4.25. The fourth-order valence-electron chi connectivity index (χ4n) is 3.24. The smallest absolute Gasteiger partial charge is 0.412 e. The molecule has 150 valence electrons. The molecular formula is C25H22N2O3. The van der Waals surface area contributed by atoms with Crippen molar-refractivity contribution in [2.45, 2.75) is 20.0 Å². The Bertz CT molecular complexity index is 1120. The van der Waals surface area contributed by atoms with Crippen LogP contribution in [0.25, 0.3) is 22.5 Å². The first-order valence-corrected chi connectivity index (χ1v) is 9.76. The Morgan fingerprint density at radius 3 is 2.10 bits per heavy atom. The van der Waals surface area contributed by atoms with Gasteiger partial charge in [-0.25, -0.2) is 4.79 Å². The monoisotopic (exact) mass is 398 g/mol. The van der Waals surface area contributed by atoms with Gasteiger partial charge in [0.1, 0.15) is 17.5 Å². The Balaban J connectivity index is 1.51. The summed E-state index contributed by atoms with van der Waals surface area (Å²) < 4.78 is 11.0. The number of anilines is 1. The molecule has 5 nitrogen and oxygen atoms in total. The van der Waals surface area contributed by atoms with Crippen molar-refractivity contribution in [1.82, 2.24) is 5.16 Å². The lowest BCUT2D eigenvalue weighted by atomic mass is 10.0. The van der Waals surface area contributed by atoms with Gasteiger partial charge in [0.15, 0.2) is 5.76 Å². The summed E-state index contributed by atoms with van der Waals surface area (Å²) in [5.41, 5.74) is 5.07. The fraction of sp³-hybridized carbons (Fsp3) is 0.120. The van der Waals surface area contributed by atoms with Gasteiger partial charge < -0.3 is 9.26 Å². The van der Waals surface area contributed by atoms with Crippen LogP contribution < -0.4 is 5.32 Å². The van der Waals surface area contributed by atoms with Gasteiger partial charge in [-0.2, -0.15) is 0 Å². The van der Waals surface area contributed by atoms with Crippen LogP contribution in [0.1, 0.15) is 24.3 Å². The molecule has 0 aliphatic carbocycles. The Hall–Kier alpha value is -3.86. The zero-order valence-electron chi connectivity index (χ0n) is 16.8. The van der Waals surface area contributed by atoms with E-state index in [0.717, 1.165) is 22.3 Å². The summed E-state index contributed by atoms with van der Waals surface area (Å²) in [7, 11) is 0. The van der Waals surface area contributed by atoms with Crippen LogP contribution in [0.2, 0.25) is 0 Å². The summed E-state index contributed by atoms with van der Waals surface area (Å²) in [5, 5.41) is 6.81. The third-order valence-electron chi connectivity index (χ3n) is 4.90. The normalized spacial score (nSPS) is 11.7. The molecule has 1 unspecified atom stereocenters. The fourth-order valence-corrected chi connectivity index (χ4v) is 3.24. The molecule has 0 bridgehead atoms. The molecule has 1 N–H and O–H groups in total. The summed E-state index contributed by atoms with van der Waals surface area (Å²) in [6.07, 6.45) is -0.931. The molecule has 4 rings (SSSR count). The van der Waals surface area contributed by atoms with Crippen LogP contribution in [0.5, 0.6) is 0 Å². The standard InChI is InChI=1S/C25H22N2O3/c1-17-23(26-25(28)29-18(2)19-9-5-3-6-10-19)24(30-27-17)22-15-13-21(14-16-22)20-11-7-4-8-12-20/h3-16,18H,1-2H3,(H,26,28). The van der Waals surface area contributed by atoms with Gasteiger partial charge in [-0.1, -0.05) is 90.1 Å². The highest BCUT2D eigenvalue weighted by Gasteiger charge is 2.19. The summed E-state index contributed by atoms with van der Waals surface area (Å²) in [4.78, 5) is 12.5. The van der Waals surface area contributed by atoms with Crippen LogP contribution in [-0.4, -0.2) is 11.2 Å². The molecule has 0 aliphatic rings. The van der Waals surface area contributed by atoms with Crippen LogP contribution in [0, 0.1) is 6.92 Å². The van der Waals surface area contributed by atoms with Crippen LogP contribution in [0.4, 0.5) is 10.5 Å². The largest absolute Gasteiger partial charge is 0.441 e. The molecule has 1 aromatic heterocycles. The molecule has 5 heteroatoms. The number of hydrogen-bond donors (Lipinski definition) is 1. The summed E-state index contributed by atoms with van der Waals surface area (Å²) in [5.74, 6) is 0.497. The van der Waals surface area contributed by atoms with Gasteiger partial charge in [0.2, 0.25) is 0 Å². The van der Waals surface area contributed by atoms with Crippen molar-refractivity contribution in [2.75, 3.05) is 5.32 Å². The second kappa shape index (κ2) is 8.66. The molecule has 30 heavy (non-hydrogen) atoms. The maximum Gasteiger partial charge on any atom is 0.412 e. The van der Waals surface area contributed by atoms with Crippen molar-refractivity contribution in [1.29, 1.82) is 0 Å². The molecule has 1 amide bonds. The zero-order chi connectivity index (χ0) is 20.9. The highest BCUT2D eigenvalue weighted by atomic mass is 16.6. The molecule has 0 saturated carbocycles. The molecule has 4 aromatic rings. The first kappa shape index (κ1) is 19.5. The number of hydrogen-bond acceptors (Lipinski definition) is 4. The number of aromatic nitrogens is 1. The van der Waals surface area contributed by atoms with Gasteiger partial charge in [0, 0.05) is 5.56 Å². The molecule has 1 heterocycles. The Kier molecular flexibility index (Phi) is 5.61. The number of benzene rings is 3. The van der Waals surface area contributed by atoms with Crippen molar-refractivity contribution in [3.63, 3.8) is 0 Å². The van der Waals surface area contributed by atoms with Crippen molar-refractivity contribution >= 4 is 11.8 Å². The van der Waals surface area contributed by atoms with Crippen LogP contribution in [-0.2, 0) is 4.74 Å². The summed E-state index contributed by atoms with van der Waals surface area (Å²) in [6, 6.07) is 27.6. The SMILES string of the molecule is Cc1noc(-c2ccc(-c3ccccc3)cc2)c1NC(=O)OC(C)c1ccccc1. The zero-order valence-corrected chi connectivity index (χ0v) is 16.8. The molecular weight excluding hydrogens is 376 g/mol. The minimum absolute atomic E-state index is 0.375. The average Bonchev–Trinajstić information content (AvgIpc) is 3.15. The first-order valence-electron chi connectivity index (χ1n) is 9.76. The summed E-state index contributed by atoms with van der Waals surface area (Å²) in [6.45, 7) is 3.61. The van der Waals surface area contributed by atoms with Gasteiger partial charge >= 0.3 is 6.09 Å². The quantitative estimate of drug-likeness (QED) is 0.410. The number of rotatable bonds is 5. The lowest BCUT2D eigenvalue weighted by molar-refractivity contribution is 0.121. The Morgan fingerprint density at radius 2 is 1.43 bits per heavy atom. The first-order chi connectivity index (χ1) is 14.6. The van der Waals surface area contributed by atoms with Crippen molar-refractivity contribution in [3.8, 4) is 22.5 Å². The number of carbonyl (C=O) groups is 1. The number of aryl methyl sites for hydroxylation is 1. The Labute approximate surface area is 175 Å². The van der Waals surface area contributed by atoms with E-state index in [9.17, 15) is 4.79 Å². The predicted molar refractivity (Wildman–Crippen MR) is 117 cm³/mol. The van der Waals surface area contributed by atoms with Crippen molar-refractivity contribution in [2.24, 2.45) is 0 Å². The summed E-state index contributed by atoms with van der Waals surface area (Å²) >= 11 is 0. The van der Waals surface area contributed by atoms with E-state index in [2.05, 4.69) is 22.6 Å². The highest BCUT2D eigenvalue weighted by molar-refractivity contribution is 5.91. The average molecular weight is 398 g/mol. The van der Waals surface area contributed by atoms with E-state index in [1.54, 1.807) is 6.92 Å². The third-order valence-corrected chi connectivity index (χ3v) is 4.90. The van der Waals surface area contributed by atoms with Crippen LogP contribution in [0.3, 0.4) is 0 Å². The number of nitrogens with zero attached hydrogens (tertiary/aromatic N) is 1. The lowest BCUT2D eigenvalue weighted by Crippen LogP contribution is -2.16. The minimum atomic E-state index is -0.556. The van der Waals surface area contributed by atoms with Gasteiger partial charge in [-0.3, -0.25) is 5.32 Å². The topological polar surface area (TPSA) is 64.4 Å². The van der Waals surface area contributed by atoms with Crippen LogP contribution >= 0.6 is 0 Å². The van der Waals surface area contributed by atoms with Crippen molar-refractivity contribution in [3.05, 3.63) is 96.2 Å². The molecule has 0 radical (unpaired) electrons. The van der Waals surface area contributed by atoms with E-state index in [0.29, 0.717) is 17.1 Å². The van der Waals surface area contributed by atoms with Gasteiger partial charge in [0.25, 0.3) is 0 Å². The Morgan fingerprint density at radius 1 is 0.867 bits per heavy atom. The molecule has 0 spiro atoms. The highest BCUT2D eigenvalue weighted by Crippen LogP contribution is 2.33. The van der Waals surface area contributed by atoms with Gasteiger partial charge in [0.05, 0.1) is 0 Å². The molecule has 0 aliphatic heterocycles. The molecule has 0 fully saturated rings. The molecule has 1 atom stereocenters. The number of amides is 1. The van der Waals surface area contributed by atoms with E-state index in [1.807, 2.05) is 79.7 Å². The van der Waals surface area contributed by atoms with E-state index in [1.165, 1.54) is 0 Å². The number of carbonyl (C=O) groups excluding carboxylic acids is 1. The second-order valence-electron chi connectivity index (χ2n) is 7.00. The van der Waals surface area contributed by atoms with E-state index in [4.69, 9.17) is 9.26 Å². The van der Waals surface area contributed by atoms with Gasteiger partial charge in [-0.05, 0) is 30.5 Å². The lowest BCUT2D eigenvalue weighted by Gasteiger charge is -2.14. The second-order valence-corrected chi connectivity index (χ2v) is 7.00. The van der Waals surface area contributed by atoms with E-state index >= 15 is 0 Å². The van der Waals surface area contributed by atoms with Gasteiger partial charge in [-0.15, -0.1) is 0 Å². The maximum absolute atomic E-state index is 12.5. The number of nitrogens with one attached hydrogen (secondary N) is 1. The maximum atomic E-state index is 12.5. The number of ether oxygens (including phenoxy) is 1. The minimum Gasteiger partial charge on any atom is -0.441 e. The van der Waals surface area contributed by atoms with E-state index in [-0.39, 0.29) is 6.10 Å². The molecule has 0 saturated heterocycles. The molecule has 3 aromatic carbocycles. The predicted octanol–water partition coefficient (Wildman–Crippen LogP) is 6.63. The van der Waals surface area contributed by atoms with Crippen molar-refractivity contribution < 1.29 is 14.1 Å². The van der Waals surface area contributed by atoms with Crippen LogP contribution in [0.15, 0.2) is 89.5 Å².